The molecule has 0 bridgehead atoms. The fourth-order valence-electron chi connectivity index (χ4n) is 3.00. The molecule has 0 aromatic carbocycles. The lowest BCUT2D eigenvalue weighted by Gasteiger charge is -2.33. The van der Waals surface area contributed by atoms with Crippen molar-refractivity contribution in [2.45, 2.75) is 85.4 Å². The van der Waals surface area contributed by atoms with Crippen molar-refractivity contribution in [3.05, 3.63) is 11.1 Å². The predicted octanol–water partition coefficient (Wildman–Crippen LogP) is 4.69. The molecular formula is C20H8F22O6-2. The third kappa shape index (κ3) is 7.54. The van der Waals surface area contributed by atoms with Crippen LogP contribution in [-0.2, 0) is 19.2 Å². The Morgan fingerprint density at radius 1 is 0.375 bits per heavy atom. The summed E-state index contributed by atoms with van der Waals surface area (Å²) in [6, 6.07) is 0. The van der Waals surface area contributed by atoms with Gasteiger partial charge in [-0.1, -0.05) is 0 Å². The number of hydrogen-bond acceptors (Lipinski definition) is 6. The number of ketones is 2. The Morgan fingerprint density at radius 3 is 0.750 bits per heavy atom. The molecule has 48 heavy (non-hydrogen) atoms. The number of carboxylic acid groups (broad SMARTS) is 2. The van der Waals surface area contributed by atoms with Crippen LogP contribution in [-0.4, -0.2) is 83.2 Å². The largest absolute Gasteiger partial charge is 0.545 e. The van der Waals surface area contributed by atoms with Gasteiger partial charge in [0.05, 0.1) is 11.9 Å². The Bertz CT molecular complexity index is 1210. The zero-order valence-corrected chi connectivity index (χ0v) is 21.6. The average molecular weight is 762 g/mol. The number of Topliss-reactive ketones (excluding diaryl/α,β-unsaturated/α-hetero) is 2. The molecule has 0 N–H and O–H groups in total. The summed E-state index contributed by atoms with van der Waals surface area (Å²) in [6.45, 7) is 0. The maximum atomic E-state index is 14.0. The number of rotatable bonds is 16. The van der Waals surface area contributed by atoms with E-state index in [4.69, 9.17) is 0 Å². The molecule has 28 heteroatoms. The van der Waals surface area contributed by atoms with Crippen LogP contribution < -0.4 is 10.2 Å². The molecule has 0 saturated carbocycles. The first-order valence-corrected chi connectivity index (χ1v) is 11.0. The van der Waals surface area contributed by atoms with Crippen LogP contribution >= 0.6 is 0 Å². The SMILES string of the molecule is O=C([O-])/C(CCC(F)(F)C(F)(F)C(=O)C(F)(F)C(F)(F)C(F)(F)F)=C(/CCC(F)(F)C(F)(F)C(=O)C(F)(F)C(F)(F)C(F)(F)F)C(=O)[O-]. The molecule has 0 heterocycles. The highest BCUT2D eigenvalue weighted by molar-refractivity contribution is 5.97. The second-order valence-electron chi connectivity index (χ2n) is 9.04. The first-order chi connectivity index (χ1) is 20.6. The molecule has 280 valence electrons. The molecule has 0 rings (SSSR count). The van der Waals surface area contributed by atoms with Crippen LogP contribution in [0.3, 0.4) is 0 Å². The third-order valence-corrected chi connectivity index (χ3v) is 5.80. The third-order valence-electron chi connectivity index (χ3n) is 5.80. The molecule has 0 aromatic rings. The Hall–Kier alpha value is -3.52. The molecule has 0 saturated heterocycles. The molecule has 0 spiro atoms. The molecule has 0 fully saturated rings. The molecule has 0 unspecified atom stereocenters. The van der Waals surface area contributed by atoms with Crippen molar-refractivity contribution in [1.29, 1.82) is 0 Å². The number of carbonyl (C=O) groups is 4. The van der Waals surface area contributed by atoms with Gasteiger partial charge in [-0.05, 0) is 24.0 Å². The van der Waals surface area contributed by atoms with Gasteiger partial charge in [-0.15, -0.1) is 0 Å². The van der Waals surface area contributed by atoms with E-state index in [9.17, 15) is 126 Å². The molecule has 0 aromatic heterocycles. The van der Waals surface area contributed by atoms with Gasteiger partial charge in [0.1, 0.15) is 0 Å². The minimum absolute atomic E-state index is 2.63. The predicted molar refractivity (Wildman–Crippen MR) is 97.2 cm³/mol. The van der Waals surface area contributed by atoms with E-state index in [0.29, 0.717) is 0 Å². The number of aliphatic carboxylic acids is 2. The van der Waals surface area contributed by atoms with Gasteiger partial charge < -0.3 is 19.8 Å². The normalized spacial score (nSPS) is 15.6. The standard InChI is InChI=1S/C20H10F22O6/c21-11(22,13(25,26)9(47)15(29,30)17(33,34)19(37,38)39)3-1-5(7(43)44)6(8(45)46)2-4-12(23,24)14(27,28)10(48)16(31,32)18(35,36)20(40,41)42/h1-4H2,(H,43,44)(H,45,46)/p-2/b6-5-. The molecule has 6 nitrogen and oxygen atoms in total. The van der Waals surface area contributed by atoms with Crippen molar-refractivity contribution >= 4 is 23.5 Å². The van der Waals surface area contributed by atoms with Gasteiger partial charge in [0.2, 0.25) is 0 Å². The summed E-state index contributed by atoms with van der Waals surface area (Å²) in [5.74, 6) is -76.1. The van der Waals surface area contributed by atoms with Gasteiger partial charge in [-0.3, -0.25) is 9.59 Å². The second-order valence-corrected chi connectivity index (χ2v) is 9.04. The first kappa shape index (κ1) is 44.5. The topological polar surface area (TPSA) is 114 Å². The summed E-state index contributed by atoms with van der Waals surface area (Å²) < 4.78 is 289. The fourth-order valence-corrected chi connectivity index (χ4v) is 3.00. The lowest BCUT2D eigenvalue weighted by molar-refractivity contribution is -0.349. The highest BCUT2D eigenvalue weighted by Gasteiger charge is 2.83. The van der Waals surface area contributed by atoms with Crippen molar-refractivity contribution < 1.29 is 126 Å². The molecule has 0 radical (unpaired) electrons. The maximum absolute atomic E-state index is 14.0. The lowest BCUT2D eigenvalue weighted by atomic mass is 9.90. The van der Waals surface area contributed by atoms with Gasteiger partial charge in [-0.2, -0.15) is 96.6 Å². The van der Waals surface area contributed by atoms with Gasteiger partial charge in [-0.25, -0.2) is 0 Å². The van der Waals surface area contributed by atoms with Crippen LogP contribution in [0.2, 0.25) is 0 Å². The van der Waals surface area contributed by atoms with Crippen LogP contribution in [0.1, 0.15) is 25.7 Å². The summed E-state index contributed by atoms with van der Waals surface area (Å²) in [6.07, 6.45) is -27.3. The van der Waals surface area contributed by atoms with E-state index in [1.165, 1.54) is 0 Å². The Labute approximate surface area is 247 Å². The molecule has 0 atom stereocenters. The average Bonchev–Trinajstić information content (AvgIpc) is 2.86. The molecule has 0 amide bonds. The Balaban J connectivity index is 6.62. The maximum Gasteiger partial charge on any atom is 0.460 e. The van der Waals surface area contributed by atoms with Crippen LogP contribution in [0.4, 0.5) is 96.6 Å². The summed E-state index contributed by atoms with van der Waals surface area (Å²) in [5, 5.41) is 22.3. The molecule has 0 aliphatic carbocycles. The summed E-state index contributed by atoms with van der Waals surface area (Å²) in [4.78, 5) is 44.4. The van der Waals surface area contributed by atoms with Crippen LogP contribution in [0, 0.1) is 0 Å². The van der Waals surface area contributed by atoms with Crippen LogP contribution in [0.25, 0.3) is 0 Å². The highest BCUT2D eigenvalue weighted by atomic mass is 19.4. The number of hydrogen-bond donors (Lipinski definition) is 0. The van der Waals surface area contributed by atoms with Crippen LogP contribution in [0.15, 0.2) is 11.1 Å². The van der Waals surface area contributed by atoms with Gasteiger partial charge in [0.25, 0.3) is 11.6 Å². The van der Waals surface area contributed by atoms with Gasteiger partial charge in [0, 0.05) is 12.8 Å². The Morgan fingerprint density at radius 2 is 0.583 bits per heavy atom. The van der Waals surface area contributed by atoms with Crippen LogP contribution in [0.5, 0.6) is 0 Å². The van der Waals surface area contributed by atoms with Crippen molar-refractivity contribution in [3.8, 4) is 0 Å². The molecular weight excluding hydrogens is 754 g/mol. The Kier molecular flexibility index (Phi) is 11.8. The minimum atomic E-state index is -7.78. The summed E-state index contributed by atoms with van der Waals surface area (Å²) >= 11 is 0. The quantitative estimate of drug-likeness (QED) is 0.167. The van der Waals surface area contributed by atoms with E-state index in [-0.39, 0.29) is 0 Å². The molecule has 0 aliphatic heterocycles. The summed E-state index contributed by atoms with van der Waals surface area (Å²) in [7, 11) is 0. The van der Waals surface area contributed by atoms with E-state index in [2.05, 4.69) is 0 Å². The highest BCUT2D eigenvalue weighted by Crippen LogP contribution is 2.53. The van der Waals surface area contributed by atoms with Crippen molar-refractivity contribution in [3.63, 3.8) is 0 Å². The lowest BCUT2D eigenvalue weighted by Crippen LogP contribution is -2.63. The first-order valence-electron chi connectivity index (χ1n) is 11.0. The van der Waals surface area contributed by atoms with Gasteiger partial charge >= 0.3 is 59.7 Å². The second kappa shape index (κ2) is 12.7. The van der Waals surface area contributed by atoms with E-state index in [1.54, 1.807) is 0 Å². The summed E-state index contributed by atoms with van der Waals surface area (Å²) in [5.41, 5.74) is -5.27. The zero-order valence-electron chi connectivity index (χ0n) is 21.6. The monoisotopic (exact) mass is 762 g/mol. The fraction of sp³-hybridized carbons (Fsp3) is 0.700. The number of carbonyl (C=O) groups excluding carboxylic acids is 4. The number of halogens is 22. The zero-order chi connectivity index (χ0) is 39.3. The van der Waals surface area contributed by atoms with Crippen molar-refractivity contribution in [2.24, 2.45) is 0 Å². The van der Waals surface area contributed by atoms with Crippen molar-refractivity contribution in [2.75, 3.05) is 0 Å². The molecule has 0 aliphatic rings. The van der Waals surface area contributed by atoms with Gasteiger partial charge in [0.15, 0.2) is 0 Å². The number of carboxylic acids is 2. The van der Waals surface area contributed by atoms with E-state index >= 15 is 0 Å². The smallest absolute Gasteiger partial charge is 0.460 e. The van der Waals surface area contributed by atoms with E-state index < -0.39 is 120 Å². The van der Waals surface area contributed by atoms with E-state index in [1.807, 2.05) is 0 Å². The minimum Gasteiger partial charge on any atom is -0.545 e. The number of alkyl halides is 22. The van der Waals surface area contributed by atoms with Crippen molar-refractivity contribution in [1.82, 2.24) is 0 Å². The van der Waals surface area contributed by atoms with E-state index in [0.717, 1.165) is 0 Å².